The summed E-state index contributed by atoms with van der Waals surface area (Å²) in [5.41, 5.74) is 12.2. The second-order valence-electron chi connectivity index (χ2n) is 15.2. The van der Waals surface area contributed by atoms with E-state index in [0.29, 0.717) is 0 Å². The van der Waals surface area contributed by atoms with Crippen LogP contribution in [-0.4, -0.2) is 18.0 Å². The van der Waals surface area contributed by atoms with Crippen molar-refractivity contribution in [2.75, 3.05) is 0 Å². The molecule has 2 nitrogen and oxygen atoms in total. The summed E-state index contributed by atoms with van der Waals surface area (Å²) in [7, 11) is -3.16. The molecule has 0 amide bonds. The molecule has 0 radical (unpaired) electrons. The molecular formula is C55H38N2Si. The van der Waals surface area contributed by atoms with Gasteiger partial charge in [-0.3, -0.25) is 0 Å². The molecule has 1 aliphatic heterocycles. The van der Waals surface area contributed by atoms with Crippen molar-refractivity contribution in [3.8, 4) is 33.9 Å². The molecule has 2 aliphatic rings. The summed E-state index contributed by atoms with van der Waals surface area (Å²) >= 11 is 0. The van der Waals surface area contributed by atoms with Crippen molar-refractivity contribution in [2.45, 2.75) is 5.41 Å². The minimum Gasteiger partial charge on any atom is -0.228 e. The van der Waals surface area contributed by atoms with E-state index in [4.69, 9.17) is 9.97 Å². The third-order valence-corrected chi connectivity index (χ3v) is 17.2. The van der Waals surface area contributed by atoms with E-state index < -0.39 is 13.5 Å². The van der Waals surface area contributed by atoms with Gasteiger partial charge in [-0.2, -0.15) is 0 Å². The Morgan fingerprint density at radius 1 is 0.362 bits per heavy atom. The smallest absolute Gasteiger partial charge is 0.181 e. The number of nitrogens with zero attached hydrogens (tertiary/aromatic N) is 2. The molecule has 9 aromatic rings. The molecule has 0 spiro atoms. The standard InChI is InChI=1S/C55H38N2Si/c1-7-22-39(23-8-1)49-38-50(40-24-9-2-10-25-40)57-54(56-49)47-36-21-35-46-51-53(58(52(46)47,43-30-15-5-16-31-43)44-32-17-6-18-33-44)45-34-19-20-37-48(45)55(51,41-26-11-3-12-27-41)42-28-13-4-14-29-42/h1-38H. The van der Waals surface area contributed by atoms with Gasteiger partial charge in [0.1, 0.15) is 0 Å². The first-order valence-corrected chi connectivity index (χ1v) is 22.0. The van der Waals surface area contributed by atoms with Crippen molar-refractivity contribution in [2.24, 2.45) is 0 Å². The fourth-order valence-electron chi connectivity index (χ4n) is 10.0. The van der Waals surface area contributed by atoms with Crippen molar-refractivity contribution < 1.29 is 0 Å². The number of hydrogen-bond donors (Lipinski definition) is 0. The van der Waals surface area contributed by atoms with Crippen LogP contribution in [0.2, 0.25) is 0 Å². The Morgan fingerprint density at radius 2 is 0.776 bits per heavy atom. The van der Waals surface area contributed by atoms with Crippen LogP contribution >= 0.6 is 0 Å². The minimum atomic E-state index is -3.16. The van der Waals surface area contributed by atoms with Crippen LogP contribution in [-0.2, 0) is 5.41 Å². The number of hydrogen-bond acceptors (Lipinski definition) is 2. The van der Waals surface area contributed by atoms with Crippen LogP contribution in [0.3, 0.4) is 0 Å². The molecule has 0 fully saturated rings. The SMILES string of the molecule is c1ccc(-c2cc(-c3ccccc3)nc(-c3cccc4c3[Si](c3ccccc3)(c3ccccc3)C3=C4C(c4ccccc4)(c4ccccc4)c4ccccc43)n2)cc1. The van der Waals surface area contributed by atoms with E-state index in [0.717, 1.165) is 33.9 Å². The Balaban J connectivity index is 1.33. The summed E-state index contributed by atoms with van der Waals surface area (Å²) < 4.78 is 0. The molecule has 0 unspecified atom stereocenters. The number of aromatic nitrogens is 2. The highest BCUT2D eigenvalue weighted by Crippen LogP contribution is 2.62. The third kappa shape index (κ3) is 4.97. The van der Waals surface area contributed by atoms with Gasteiger partial charge in [0.15, 0.2) is 13.9 Å². The van der Waals surface area contributed by atoms with Crippen LogP contribution in [0.4, 0.5) is 0 Å². The van der Waals surface area contributed by atoms with Gasteiger partial charge in [-0.1, -0.05) is 224 Å². The first-order chi connectivity index (χ1) is 28.8. The van der Waals surface area contributed by atoms with Crippen LogP contribution in [0.1, 0.15) is 27.8 Å². The lowest BCUT2D eigenvalue weighted by Gasteiger charge is -2.37. The lowest BCUT2D eigenvalue weighted by atomic mass is 9.65. The Kier molecular flexibility index (Phi) is 8.09. The van der Waals surface area contributed by atoms with Crippen molar-refractivity contribution in [1.82, 2.24) is 9.97 Å². The zero-order valence-electron chi connectivity index (χ0n) is 31.8. The quantitative estimate of drug-likeness (QED) is 0.151. The van der Waals surface area contributed by atoms with E-state index in [1.807, 2.05) is 0 Å². The van der Waals surface area contributed by atoms with Crippen LogP contribution in [0.25, 0.3) is 44.7 Å². The molecule has 3 heteroatoms. The van der Waals surface area contributed by atoms with Gasteiger partial charge in [0.25, 0.3) is 0 Å². The van der Waals surface area contributed by atoms with Gasteiger partial charge in [-0.05, 0) is 60.2 Å². The lowest BCUT2D eigenvalue weighted by Crippen LogP contribution is -2.67. The van der Waals surface area contributed by atoms with Gasteiger partial charge in [-0.25, -0.2) is 9.97 Å². The predicted octanol–water partition coefficient (Wildman–Crippen LogP) is 10.8. The highest BCUT2D eigenvalue weighted by atomic mass is 28.3. The van der Waals surface area contributed by atoms with Gasteiger partial charge in [0.05, 0.1) is 16.8 Å². The summed E-state index contributed by atoms with van der Waals surface area (Å²) in [5.74, 6) is 0.736. The Labute approximate surface area is 340 Å². The first-order valence-electron chi connectivity index (χ1n) is 20.0. The van der Waals surface area contributed by atoms with Crippen LogP contribution in [0.15, 0.2) is 231 Å². The van der Waals surface area contributed by atoms with E-state index in [2.05, 4.69) is 231 Å². The van der Waals surface area contributed by atoms with Crippen molar-refractivity contribution >= 4 is 34.4 Å². The molecule has 2 heterocycles. The number of fused-ring (bicyclic) bond motifs is 4. The lowest BCUT2D eigenvalue weighted by molar-refractivity contribution is 0.815. The zero-order valence-corrected chi connectivity index (χ0v) is 32.8. The predicted molar refractivity (Wildman–Crippen MR) is 242 cm³/mol. The van der Waals surface area contributed by atoms with E-state index in [1.165, 1.54) is 54.1 Å². The Hall–Kier alpha value is -7.20. The average molecular weight is 755 g/mol. The number of benzene rings is 8. The summed E-state index contributed by atoms with van der Waals surface area (Å²) in [4.78, 5) is 11.0. The van der Waals surface area contributed by atoms with Gasteiger partial charge in [-0.15, -0.1) is 0 Å². The summed E-state index contributed by atoms with van der Waals surface area (Å²) in [6.07, 6.45) is 0. The summed E-state index contributed by atoms with van der Waals surface area (Å²) in [6.45, 7) is 0. The van der Waals surface area contributed by atoms with E-state index in [9.17, 15) is 0 Å². The maximum absolute atomic E-state index is 5.51. The largest absolute Gasteiger partial charge is 0.228 e. The number of rotatable bonds is 7. The molecule has 0 saturated carbocycles. The molecule has 8 aromatic carbocycles. The third-order valence-electron chi connectivity index (χ3n) is 12.2. The molecule has 1 aromatic heterocycles. The minimum absolute atomic E-state index is 0.581. The highest BCUT2D eigenvalue weighted by Gasteiger charge is 2.61. The summed E-state index contributed by atoms with van der Waals surface area (Å²) in [5, 5.41) is 5.47. The maximum atomic E-state index is 5.51. The van der Waals surface area contributed by atoms with Crippen molar-refractivity contribution in [3.05, 3.63) is 258 Å². The molecule has 0 atom stereocenters. The van der Waals surface area contributed by atoms with Crippen LogP contribution < -0.4 is 15.6 Å². The Bertz CT molecular complexity index is 2830. The molecule has 11 rings (SSSR count). The number of allylic oxidation sites excluding steroid dienone is 1. The van der Waals surface area contributed by atoms with Gasteiger partial charge in [0, 0.05) is 16.7 Å². The summed E-state index contributed by atoms with van der Waals surface area (Å²) in [6, 6.07) is 84.3. The molecule has 1 aliphatic carbocycles. The fraction of sp³-hybridized carbons (Fsp3) is 0.0182. The fourth-order valence-corrected chi connectivity index (χ4v) is 15.7. The van der Waals surface area contributed by atoms with Crippen molar-refractivity contribution in [3.63, 3.8) is 0 Å². The molecular weight excluding hydrogens is 717 g/mol. The van der Waals surface area contributed by atoms with Gasteiger partial charge >= 0.3 is 0 Å². The van der Waals surface area contributed by atoms with E-state index in [-0.39, 0.29) is 0 Å². The Morgan fingerprint density at radius 3 is 1.29 bits per heavy atom. The van der Waals surface area contributed by atoms with Crippen molar-refractivity contribution in [1.29, 1.82) is 0 Å². The van der Waals surface area contributed by atoms with E-state index >= 15 is 0 Å². The topological polar surface area (TPSA) is 25.8 Å². The van der Waals surface area contributed by atoms with Gasteiger partial charge in [0.2, 0.25) is 0 Å². The second-order valence-corrected chi connectivity index (χ2v) is 18.8. The normalized spacial score (nSPS) is 14.4. The maximum Gasteiger partial charge on any atom is 0.181 e. The second kappa shape index (κ2) is 13.8. The van der Waals surface area contributed by atoms with E-state index in [1.54, 1.807) is 0 Å². The molecule has 0 bridgehead atoms. The monoisotopic (exact) mass is 754 g/mol. The average Bonchev–Trinajstić information content (AvgIpc) is 3.80. The molecule has 58 heavy (non-hydrogen) atoms. The van der Waals surface area contributed by atoms with Crippen LogP contribution in [0, 0.1) is 0 Å². The molecule has 0 N–H and O–H groups in total. The zero-order chi connectivity index (χ0) is 38.5. The van der Waals surface area contributed by atoms with Crippen LogP contribution in [0.5, 0.6) is 0 Å². The highest BCUT2D eigenvalue weighted by molar-refractivity contribution is 7.26. The first kappa shape index (κ1) is 34.1. The molecule has 272 valence electrons. The van der Waals surface area contributed by atoms with Gasteiger partial charge < -0.3 is 0 Å². The molecule has 0 saturated heterocycles.